The third kappa shape index (κ3) is 6.03. The number of carbonyl (C=O) groups is 2. The number of rotatable bonds is 7. The molecule has 0 aliphatic carbocycles. The zero-order valence-electron chi connectivity index (χ0n) is 18.0. The van der Waals surface area contributed by atoms with Gasteiger partial charge in [0.15, 0.2) is 0 Å². The normalized spacial score (nSPS) is 15.7. The van der Waals surface area contributed by atoms with Crippen molar-refractivity contribution in [2.24, 2.45) is 5.92 Å². The van der Waals surface area contributed by atoms with Gasteiger partial charge in [-0.3, -0.25) is 9.59 Å². The molecule has 3 rings (SSSR count). The summed E-state index contributed by atoms with van der Waals surface area (Å²) >= 11 is 0. The Hall–Kier alpha value is -2.93. The summed E-state index contributed by atoms with van der Waals surface area (Å²) in [4.78, 5) is 34.3. The minimum atomic E-state index is -0.612. The smallest absolute Gasteiger partial charge is 0.247 e. The first kappa shape index (κ1) is 21.8. The van der Waals surface area contributed by atoms with Crippen LogP contribution in [-0.2, 0) is 16.0 Å². The maximum Gasteiger partial charge on any atom is 0.247 e. The van der Waals surface area contributed by atoms with Crippen LogP contribution in [0.2, 0.25) is 0 Å². The first-order valence-electron chi connectivity index (χ1n) is 10.5. The number of pyridine rings is 1. The lowest BCUT2D eigenvalue weighted by Gasteiger charge is -2.33. The Labute approximate surface area is 178 Å². The van der Waals surface area contributed by atoms with Gasteiger partial charge in [-0.2, -0.15) is 0 Å². The summed E-state index contributed by atoms with van der Waals surface area (Å²) in [6.07, 6.45) is 1.92. The molecule has 160 valence electrons. The molecule has 1 aromatic heterocycles. The van der Waals surface area contributed by atoms with E-state index < -0.39 is 6.04 Å². The van der Waals surface area contributed by atoms with Crippen LogP contribution in [0.15, 0.2) is 48.7 Å². The quantitative estimate of drug-likeness (QED) is 0.733. The van der Waals surface area contributed by atoms with E-state index in [9.17, 15) is 9.59 Å². The van der Waals surface area contributed by atoms with Crippen molar-refractivity contribution in [2.45, 2.75) is 26.3 Å². The Morgan fingerprint density at radius 1 is 1.03 bits per heavy atom. The van der Waals surface area contributed by atoms with E-state index in [4.69, 9.17) is 0 Å². The van der Waals surface area contributed by atoms with E-state index in [1.165, 1.54) is 0 Å². The minimum absolute atomic E-state index is 0.0395. The fourth-order valence-corrected chi connectivity index (χ4v) is 3.44. The largest absolute Gasteiger partial charge is 0.354 e. The van der Waals surface area contributed by atoms with Crippen LogP contribution < -0.4 is 15.5 Å². The standard InChI is InChI=1S/C23H31N5O2/c1-17(2)22(26-21(29)15-18-7-5-4-6-8-18)23(30)25-19-9-10-20(24-16-19)28-13-11-27(3)12-14-28/h4-10,16-17,22H,11-15H2,1-3H3,(H,25,30)(H,26,29)/t22-/m0/s1. The highest BCUT2D eigenvalue weighted by Crippen LogP contribution is 2.16. The second-order valence-electron chi connectivity index (χ2n) is 8.14. The number of aromatic nitrogens is 1. The lowest BCUT2D eigenvalue weighted by molar-refractivity contribution is -0.127. The van der Waals surface area contributed by atoms with Gasteiger partial charge in [0.2, 0.25) is 11.8 Å². The lowest BCUT2D eigenvalue weighted by atomic mass is 10.0. The molecule has 0 radical (unpaired) electrons. The molecule has 2 heterocycles. The third-order valence-corrected chi connectivity index (χ3v) is 5.32. The van der Waals surface area contributed by atoms with E-state index in [1.54, 1.807) is 6.20 Å². The highest BCUT2D eigenvalue weighted by Gasteiger charge is 2.24. The molecule has 0 saturated carbocycles. The van der Waals surface area contributed by atoms with Crippen molar-refractivity contribution < 1.29 is 9.59 Å². The van der Waals surface area contributed by atoms with Crippen molar-refractivity contribution in [3.05, 3.63) is 54.2 Å². The number of hydrogen-bond acceptors (Lipinski definition) is 5. The Morgan fingerprint density at radius 3 is 2.33 bits per heavy atom. The maximum absolute atomic E-state index is 12.8. The highest BCUT2D eigenvalue weighted by molar-refractivity contribution is 5.97. The lowest BCUT2D eigenvalue weighted by Crippen LogP contribution is -2.47. The van der Waals surface area contributed by atoms with Crippen molar-refractivity contribution in [3.8, 4) is 0 Å². The van der Waals surface area contributed by atoms with Crippen molar-refractivity contribution in [3.63, 3.8) is 0 Å². The van der Waals surface area contributed by atoms with Crippen LogP contribution in [0.4, 0.5) is 11.5 Å². The molecule has 30 heavy (non-hydrogen) atoms. The molecule has 0 bridgehead atoms. The van der Waals surface area contributed by atoms with Crippen LogP contribution >= 0.6 is 0 Å². The highest BCUT2D eigenvalue weighted by atomic mass is 16.2. The third-order valence-electron chi connectivity index (χ3n) is 5.32. The monoisotopic (exact) mass is 409 g/mol. The summed E-state index contributed by atoms with van der Waals surface area (Å²) in [7, 11) is 2.12. The molecule has 2 aromatic rings. The van der Waals surface area contributed by atoms with Crippen LogP contribution in [0.1, 0.15) is 19.4 Å². The molecule has 1 aliphatic heterocycles. The zero-order valence-corrected chi connectivity index (χ0v) is 18.0. The van der Waals surface area contributed by atoms with Crippen molar-refractivity contribution in [1.82, 2.24) is 15.2 Å². The van der Waals surface area contributed by atoms with Crippen LogP contribution in [0, 0.1) is 5.92 Å². The summed E-state index contributed by atoms with van der Waals surface area (Å²) in [6, 6.07) is 12.7. The fourth-order valence-electron chi connectivity index (χ4n) is 3.44. The van der Waals surface area contributed by atoms with E-state index in [2.05, 4.69) is 32.5 Å². The number of nitrogens with zero attached hydrogens (tertiary/aromatic N) is 3. The van der Waals surface area contributed by atoms with Gasteiger partial charge in [-0.15, -0.1) is 0 Å². The average Bonchev–Trinajstić information content (AvgIpc) is 2.73. The van der Waals surface area contributed by atoms with Crippen LogP contribution in [0.25, 0.3) is 0 Å². The van der Waals surface area contributed by atoms with Gasteiger partial charge in [0.25, 0.3) is 0 Å². The number of benzene rings is 1. The fraction of sp³-hybridized carbons (Fsp3) is 0.435. The van der Waals surface area contributed by atoms with Crippen molar-refractivity contribution >= 4 is 23.3 Å². The Balaban J connectivity index is 1.57. The topological polar surface area (TPSA) is 77.6 Å². The molecule has 2 amide bonds. The predicted molar refractivity (Wildman–Crippen MR) is 119 cm³/mol. The van der Waals surface area contributed by atoms with Gasteiger partial charge in [-0.25, -0.2) is 4.98 Å². The Kier molecular flexibility index (Phi) is 7.41. The molecule has 7 nitrogen and oxygen atoms in total. The van der Waals surface area contributed by atoms with E-state index in [1.807, 2.05) is 56.3 Å². The summed E-state index contributed by atoms with van der Waals surface area (Å²) in [5.41, 5.74) is 1.54. The van der Waals surface area contributed by atoms with Gasteiger partial charge in [0, 0.05) is 26.2 Å². The molecule has 1 aliphatic rings. The van der Waals surface area contributed by atoms with Gasteiger partial charge >= 0.3 is 0 Å². The zero-order chi connectivity index (χ0) is 21.5. The summed E-state index contributed by atoms with van der Waals surface area (Å²) < 4.78 is 0. The molecule has 0 spiro atoms. The number of nitrogens with one attached hydrogen (secondary N) is 2. The molecule has 1 aromatic carbocycles. The molecule has 7 heteroatoms. The molecule has 1 atom stereocenters. The molecular formula is C23H31N5O2. The molecule has 0 unspecified atom stereocenters. The number of anilines is 2. The van der Waals surface area contributed by atoms with Crippen molar-refractivity contribution in [2.75, 3.05) is 43.4 Å². The average molecular weight is 410 g/mol. The predicted octanol–water partition coefficient (Wildman–Crippen LogP) is 2.16. The van der Waals surface area contributed by atoms with Crippen LogP contribution in [0.5, 0.6) is 0 Å². The van der Waals surface area contributed by atoms with E-state index >= 15 is 0 Å². The molecular weight excluding hydrogens is 378 g/mol. The van der Waals surface area contributed by atoms with Gasteiger partial charge in [0.1, 0.15) is 11.9 Å². The Morgan fingerprint density at radius 2 is 1.73 bits per heavy atom. The van der Waals surface area contributed by atoms with E-state index in [0.29, 0.717) is 5.69 Å². The van der Waals surface area contributed by atoms with Crippen LogP contribution in [-0.4, -0.2) is 61.0 Å². The van der Waals surface area contributed by atoms with E-state index in [-0.39, 0.29) is 24.2 Å². The first-order valence-corrected chi connectivity index (χ1v) is 10.5. The summed E-state index contributed by atoms with van der Waals surface area (Å²) in [5, 5.41) is 5.75. The van der Waals surface area contributed by atoms with Gasteiger partial charge in [-0.1, -0.05) is 44.2 Å². The number of likely N-dealkylation sites (N-methyl/N-ethyl adjacent to an activating group) is 1. The Bertz CT molecular complexity index is 830. The SMILES string of the molecule is CC(C)[C@H](NC(=O)Cc1ccccc1)C(=O)Nc1ccc(N2CCN(C)CC2)nc1. The van der Waals surface area contributed by atoms with Gasteiger partial charge in [-0.05, 0) is 30.7 Å². The first-order chi connectivity index (χ1) is 14.4. The minimum Gasteiger partial charge on any atom is -0.354 e. The number of hydrogen-bond donors (Lipinski definition) is 2. The molecule has 1 saturated heterocycles. The molecule has 1 fully saturated rings. The van der Waals surface area contributed by atoms with Gasteiger partial charge in [0.05, 0.1) is 18.3 Å². The summed E-state index contributed by atoms with van der Waals surface area (Å²) in [6.45, 7) is 7.75. The maximum atomic E-state index is 12.8. The number of amides is 2. The van der Waals surface area contributed by atoms with Gasteiger partial charge < -0.3 is 20.4 Å². The number of piperazine rings is 1. The number of carbonyl (C=O) groups excluding carboxylic acids is 2. The second kappa shape index (κ2) is 10.2. The van der Waals surface area contributed by atoms with E-state index in [0.717, 1.165) is 37.6 Å². The summed E-state index contributed by atoms with van der Waals surface area (Å²) in [5.74, 6) is 0.471. The second-order valence-corrected chi connectivity index (χ2v) is 8.14. The van der Waals surface area contributed by atoms with Crippen molar-refractivity contribution in [1.29, 1.82) is 0 Å². The molecule has 2 N–H and O–H groups in total. The van der Waals surface area contributed by atoms with Crippen LogP contribution in [0.3, 0.4) is 0 Å².